The number of nitrogens with two attached hydrogens (primary N) is 1. The van der Waals surface area contributed by atoms with Crippen molar-refractivity contribution in [2.24, 2.45) is 5.73 Å². The average molecular weight is 372 g/mol. The molecule has 2 aromatic carbocycles. The van der Waals surface area contributed by atoms with Crippen molar-refractivity contribution in [3.05, 3.63) is 70.8 Å². The Labute approximate surface area is 144 Å². The molecule has 0 spiro atoms. The number of rotatable bonds is 5. The van der Waals surface area contributed by atoms with Crippen LogP contribution in [0.5, 0.6) is 0 Å². The topological polar surface area (TPSA) is 72.2 Å². The second kappa shape index (κ2) is 7.51. The van der Waals surface area contributed by atoms with Gasteiger partial charge in [-0.25, -0.2) is 8.78 Å². The summed E-state index contributed by atoms with van der Waals surface area (Å²) in [6.07, 6.45) is -5.33. The number of halogens is 5. The highest BCUT2D eigenvalue weighted by molar-refractivity contribution is 5.98. The standard InChI is InChI=1S/C17H13F5N2O2/c18-10-5-6-11(12(8-10)17(20,21)22)16(26)24-14(15(23)25)7-9-3-1-2-4-13(9)19/h1-6,8,14H,7H2,(H2,23,25)(H,24,26). The first-order chi connectivity index (χ1) is 12.1. The van der Waals surface area contributed by atoms with Crippen LogP contribution in [-0.4, -0.2) is 17.9 Å². The van der Waals surface area contributed by atoms with Crippen molar-refractivity contribution >= 4 is 11.8 Å². The van der Waals surface area contributed by atoms with Crippen LogP contribution in [0.25, 0.3) is 0 Å². The molecule has 0 fully saturated rings. The SMILES string of the molecule is NC(=O)C(Cc1ccccc1F)NC(=O)c1ccc(F)cc1C(F)(F)F. The van der Waals surface area contributed by atoms with Crippen molar-refractivity contribution in [2.75, 3.05) is 0 Å². The van der Waals surface area contributed by atoms with E-state index in [-0.39, 0.29) is 18.1 Å². The third kappa shape index (κ3) is 4.56. The maximum absolute atomic E-state index is 13.7. The summed E-state index contributed by atoms with van der Waals surface area (Å²) in [5.41, 5.74) is 2.83. The summed E-state index contributed by atoms with van der Waals surface area (Å²) in [5, 5.41) is 2.04. The average Bonchev–Trinajstić information content (AvgIpc) is 2.55. The molecule has 0 heterocycles. The number of nitrogens with one attached hydrogen (secondary N) is 1. The van der Waals surface area contributed by atoms with Crippen LogP contribution >= 0.6 is 0 Å². The largest absolute Gasteiger partial charge is 0.417 e. The third-order valence-corrected chi connectivity index (χ3v) is 3.56. The van der Waals surface area contributed by atoms with E-state index in [1.54, 1.807) is 0 Å². The second-order valence-corrected chi connectivity index (χ2v) is 5.41. The number of carbonyl (C=O) groups excluding carboxylic acids is 2. The molecule has 0 aliphatic heterocycles. The molecule has 2 amide bonds. The van der Waals surface area contributed by atoms with Gasteiger partial charge in [0.05, 0.1) is 11.1 Å². The highest BCUT2D eigenvalue weighted by Gasteiger charge is 2.36. The lowest BCUT2D eigenvalue weighted by Gasteiger charge is -2.18. The lowest BCUT2D eigenvalue weighted by molar-refractivity contribution is -0.138. The van der Waals surface area contributed by atoms with E-state index in [0.717, 1.165) is 6.07 Å². The van der Waals surface area contributed by atoms with Crippen LogP contribution in [0.4, 0.5) is 22.0 Å². The van der Waals surface area contributed by atoms with Crippen molar-refractivity contribution in [1.29, 1.82) is 0 Å². The minimum absolute atomic E-state index is 0.0479. The molecular weight excluding hydrogens is 359 g/mol. The monoisotopic (exact) mass is 372 g/mol. The fraction of sp³-hybridized carbons (Fsp3) is 0.176. The summed E-state index contributed by atoms with van der Waals surface area (Å²) >= 11 is 0. The van der Waals surface area contributed by atoms with Crippen molar-refractivity contribution in [1.82, 2.24) is 5.32 Å². The van der Waals surface area contributed by atoms with Crippen LogP contribution in [0.15, 0.2) is 42.5 Å². The Hall–Kier alpha value is -2.97. The number of amides is 2. The lowest BCUT2D eigenvalue weighted by Crippen LogP contribution is -2.46. The zero-order valence-corrected chi connectivity index (χ0v) is 13.1. The van der Waals surface area contributed by atoms with Gasteiger partial charge in [0, 0.05) is 6.42 Å². The van der Waals surface area contributed by atoms with E-state index in [2.05, 4.69) is 0 Å². The van der Waals surface area contributed by atoms with Gasteiger partial charge in [-0.1, -0.05) is 18.2 Å². The van der Waals surface area contributed by atoms with Crippen molar-refractivity contribution in [3.63, 3.8) is 0 Å². The van der Waals surface area contributed by atoms with E-state index < -0.39 is 46.8 Å². The van der Waals surface area contributed by atoms with Crippen LogP contribution < -0.4 is 11.1 Å². The molecular formula is C17H13F5N2O2. The molecule has 138 valence electrons. The molecule has 4 nitrogen and oxygen atoms in total. The van der Waals surface area contributed by atoms with Crippen molar-refractivity contribution < 1.29 is 31.5 Å². The smallest absolute Gasteiger partial charge is 0.368 e. The van der Waals surface area contributed by atoms with Crippen molar-refractivity contribution in [2.45, 2.75) is 18.6 Å². The van der Waals surface area contributed by atoms with Gasteiger partial charge in [0.15, 0.2) is 0 Å². The number of hydrogen-bond acceptors (Lipinski definition) is 2. The van der Waals surface area contributed by atoms with E-state index in [0.29, 0.717) is 12.1 Å². The first kappa shape index (κ1) is 19.4. The fourth-order valence-corrected chi connectivity index (χ4v) is 2.29. The first-order valence-corrected chi connectivity index (χ1v) is 7.30. The van der Waals surface area contributed by atoms with Gasteiger partial charge in [-0.05, 0) is 29.8 Å². The molecule has 3 N–H and O–H groups in total. The minimum Gasteiger partial charge on any atom is -0.368 e. The molecule has 0 saturated heterocycles. The highest BCUT2D eigenvalue weighted by Crippen LogP contribution is 2.32. The molecule has 9 heteroatoms. The molecule has 2 aromatic rings. The predicted octanol–water partition coefficient (Wildman–Crippen LogP) is 2.81. The van der Waals surface area contributed by atoms with Gasteiger partial charge in [0.1, 0.15) is 17.7 Å². The zero-order valence-electron chi connectivity index (χ0n) is 13.1. The number of primary amides is 1. The maximum Gasteiger partial charge on any atom is 0.417 e. The van der Waals surface area contributed by atoms with Crippen LogP contribution in [0.2, 0.25) is 0 Å². The van der Waals surface area contributed by atoms with Crippen LogP contribution in [0.3, 0.4) is 0 Å². The summed E-state index contributed by atoms with van der Waals surface area (Å²) in [5.74, 6) is -4.17. The zero-order chi connectivity index (χ0) is 19.5. The Morgan fingerprint density at radius 2 is 1.73 bits per heavy atom. The summed E-state index contributed by atoms with van der Waals surface area (Å²) in [6, 6.07) is 5.41. The third-order valence-electron chi connectivity index (χ3n) is 3.56. The lowest BCUT2D eigenvalue weighted by atomic mass is 10.0. The molecule has 1 atom stereocenters. The Morgan fingerprint density at radius 1 is 1.08 bits per heavy atom. The normalized spacial score (nSPS) is 12.5. The number of carbonyl (C=O) groups is 2. The Bertz CT molecular complexity index is 836. The van der Waals surface area contributed by atoms with Gasteiger partial charge in [-0.15, -0.1) is 0 Å². The Morgan fingerprint density at radius 3 is 2.31 bits per heavy atom. The van der Waals surface area contributed by atoms with Gasteiger partial charge in [0.2, 0.25) is 5.91 Å². The second-order valence-electron chi connectivity index (χ2n) is 5.41. The predicted molar refractivity (Wildman–Crippen MR) is 82.0 cm³/mol. The quantitative estimate of drug-likeness (QED) is 0.793. The maximum atomic E-state index is 13.7. The van der Waals surface area contributed by atoms with Gasteiger partial charge in [-0.3, -0.25) is 9.59 Å². The van der Waals surface area contributed by atoms with Crippen molar-refractivity contribution in [3.8, 4) is 0 Å². The number of hydrogen-bond donors (Lipinski definition) is 2. The van der Waals surface area contributed by atoms with E-state index in [1.807, 2.05) is 5.32 Å². The molecule has 0 bridgehead atoms. The minimum atomic E-state index is -4.98. The number of alkyl halides is 3. The van der Waals surface area contributed by atoms with Gasteiger partial charge in [0.25, 0.3) is 5.91 Å². The molecule has 0 aliphatic carbocycles. The Kier molecular flexibility index (Phi) is 5.59. The first-order valence-electron chi connectivity index (χ1n) is 7.30. The molecule has 0 saturated carbocycles. The van der Waals surface area contributed by atoms with E-state index in [1.165, 1.54) is 18.2 Å². The van der Waals surface area contributed by atoms with Gasteiger partial charge < -0.3 is 11.1 Å². The van der Waals surface area contributed by atoms with Gasteiger partial charge in [-0.2, -0.15) is 13.2 Å². The summed E-state index contributed by atoms with van der Waals surface area (Å²) < 4.78 is 65.8. The van der Waals surface area contributed by atoms with E-state index in [4.69, 9.17) is 5.73 Å². The molecule has 2 rings (SSSR count). The fourth-order valence-electron chi connectivity index (χ4n) is 2.29. The molecule has 0 radical (unpaired) electrons. The van der Waals surface area contributed by atoms with E-state index in [9.17, 15) is 31.5 Å². The van der Waals surface area contributed by atoms with Crippen LogP contribution in [0, 0.1) is 11.6 Å². The van der Waals surface area contributed by atoms with Crippen LogP contribution in [0.1, 0.15) is 21.5 Å². The highest BCUT2D eigenvalue weighted by atomic mass is 19.4. The summed E-state index contributed by atoms with van der Waals surface area (Å²) in [4.78, 5) is 23.7. The molecule has 0 aliphatic rings. The molecule has 26 heavy (non-hydrogen) atoms. The van der Waals surface area contributed by atoms with Crippen LogP contribution in [-0.2, 0) is 17.4 Å². The summed E-state index contributed by atoms with van der Waals surface area (Å²) in [7, 11) is 0. The van der Waals surface area contributed by atoms with Gasteiger partial charge >= 0.3 is 6.18 Å². The number of benzene rings is 2. The molecule has 1 unspecified atom stereocenters. The van der Waals surface area contributed by atoms with E-state index >= 15 is 0 Å². The summed E-state index contributed by atoms with van der Waals surface area (Å²) in [6.45, 7) is 0. The Balaban J connectivity index is 2.29. The molecule has 0 aromatic heterocycles.